The number of ether oxygens (including phenoxy) is 2. The molecule has 4 rings (SSSR count). The summed E-state index contributed by atoms with van der Waals surface area (Å²) in [5.41, 5.74) is 4.22. The lowest BCUT2D eigenvalue weighted by Gasteiger charge is -2.16. The van der Waals surface area contributed by atoms with Crippen LogP contribution in [0.4, 0.5) is 0 Å². The van der Waals surface area contributed by atoms with Crippen molar-refractivity contribution in [3.8, 4) is 33.9 Å². The molecule has 6 heteroatoms. The van der Waals surface area contributed by atoms with Gasteiger partial charge in [0.15, 0.2) is 11.5 Å². The number of aromatic nitrogens is 1. The fourth-order valence-corrected chi connectivity index (χ4v) is 3.48. The molecule has 0 saturated heterocycles. The van der Waals surface area contributed by atoms with E-state index in [4.69, 9.17) is 14.0 Å². The number of rotatable bonds is 7. The number of carbonyl (C=O) groups excluding carboxylic acids is 1. The summed E-state index contributed by atoms with van der Waals surface area (Å²) in [7, 11) is 4.90. The molecular formula is C26H24N2O4. The molecule has 6 nitrogen and oxygen atoms in total. The monoisotopic (exact) mass is 428 g/mol. The van der Waals surface area contributed by atoms with Gasteiger partial charge in [-0.3, -0.25) is 4.79 Å². The summed E-state index contributed by atoms with van der Waals surface area (Å²) >= 11 is 0. The largest absolute Gasteiger partial charge is 0.497 e. The quantitative estimate of drug-likeness (QED) is 0.400. The zero-order chi connectivity index (χ0) is 22.5. The Kier molecular flexibility index (Phi) is 6.22. The number of methoxy groups -OCH3 is 2. The minimum Gasteiger partial charge on any atom is -0.497 e. The second kappa shape index (κ2) is 9.39. The third-order valence-corrected chi connectivity index (χ3v) is 5.23. The third kappa shape index (κ3) is 4.49. The fourth-order valence-electron chi connectivity index (χ4n) is 3.48. The molecule has 0 N–H and O–H groups in total. The van der Waals surface area contributed by atoms with Crippen LogP contribution in [-0.4, -0.2) is 37.2 Å². The van der Waals surface area contributed by atoms with E-state index < -0.39 is 0 Å². The van der Waals surface area contributed by atoms with E-state index in [1.807, 2.05) is 30.3 Å². The summed E-state index contributed by atoms with van der Waals surface area (Å²) in [6.07, 6.45) is 0. The maximum Gasteiger partial charge on any atom is 0.276 e. The van der Waals surface area contributed by atoms with E-state index in [1.165, 1.54) is 0 Å². The molecule has 0 aliphatic heterocycles. The molecular weight excluding hydrogens is 404 g/mol. The minimum atomic E-state index is -0.228. The van der Waals surface area contributed by atoms with Crippen LogP contribution in [0.2, 0.25) is 0 Å². The van der Waals surface area contributed by atoms with Crippen LogP contribution >= 0.6 is 0 Å². The van der Waals surface area contributed by atoms with Crippen LogP contribution in [0.3, 0.4) is 0 Å². The van der Waals surface area contributed by atoms with Crippen molar-refractivity contribution >= 4 is 5.91 Å². The number of benzene rings is 3. The molecule has 32 heavy (non-hydrogen) atoms. The van der Waals surface area contributed by atoms with Gasteiger partial charge in [0, 0.05) is 19.7 Å². The van der Waals surface area contributed by atoms with Crippen LogP contribution < -0.4 is 9.47 Å². The highest BCUT2D eigenvalue weighted by atomic mass is 16.5. The van der Waals surface area contributed by atoms with Crippen molar-refractivity contribution in [1.82, 2.24) is 10.1 Å². The summed E-state index contributed by atoms with van der Waals surface area (Å²) in [5.74, 6) is 1.47. The lowest BCUT2D eigenvalue weighted by atomic mass is 10.0. The lowest BCUT2D eigenvalue weighted by molar-refractivity contribution is 0.0775. The second-order valence-corrected chi connectivity index (χ2v) is 7.37. The van der Waals surface area contributed by atoms with Gasteiger partial charge in [-0.15, -0.1) is 0 Å². The van der Waals surface area contributed by atoms with Crippen molar-refractivity contribution in [2.24, 2.45) is 0 Å². The molecule has 3 aromatic carbocycles. The minimum absolute atomic E-state index is 0.228. The second-order valence-electron chi connectivity index (χ2n) is 7.37. The van der Waals surface area contributed by atoms with Crippen LogP contribution in [0, 0.1) is 0 Å². The van der Waals surface area contributed by atoms with Crippen LogP contribution in [0.5, 0.6) is 11.5 Å². The molecule has 0 saturated carbocycles. The molecule has 1 heterocycles. The summed E-state index contributed by atoms with van der Waals surface area (Å²) in [4.78, 5) is 14.5. The van der Waals surface area contributed by atoms with Crippen molar-refractivity contribution in [2.75, 3.05) is 21.3 Å². The Bertz CT molecular complexity index is 1200. The average Bonchev–Trinajstić information content (AvgIpc) is 3.34. The van der Waals surface area contributed by atoms with E-state index >= 15 is 0 Å². The Morgan fingerprint density at radius 2 is 1.62 bits per heavy atom. The van der Waals surface area contributed by atoms with Gasteiger partial charge in [-0.2, -0.15) is 0 Å². The number of hydrogen-bond donors (Lipinski definition) is 0. The van der Waals surface area contributed by atoms with Gasteiger partial charge in [0.1, 0.15) is 11.5 Å². The van der Waals surface area contributed by atoms with Crippen molar-refractivity contribution in [3.05, 3.63) is 90.1 Å². The zero-order valence-electron chi connectivity index (χ0n) is 18.2. The third-order valence-electron chi connectivity index (χ3n) is 5.23. The first-order chi connectivity index (χ1) is 15.6. The van der Waals surface area contributed by atoms with E-state index in [-0.39, 0.29) is 11.6 Å². The number of hydrogen-bond acceptors (Lipinski definition) is 5. The first-order valence-electron chi connectivity index (χ1n) is 10.2. The van der Waals surface area contributed by atoms with Gasteiger partial charge in [0.05, 0.1) is 19.8 Å². The van der Waals surface area contributed by atoms with Gasteiger partial charge >= 0.3 is 0 Å². The van der Waals surface area contributed by atoms with Crippen LogP contribution in [0.15, 0.2) is 83.4 Å². The zero-order valence-corrected chi connectivity index (χ0v) is 18.2. The molecule has 0 spiro atoms. The van der Waals surface area contributed by atoms with Gasteiger partial charge < -0.3 is 18.9 Å². The summed E-state index contributed by atoms with van der Waals surface area (Å²) in [6.45, 7) is 0.457. The molecule has 0 aliphatic carbocycles. The van der Waals surface area contributed by atoms with Gasteiger partial charge in [0.2, 0.25) is 0 Å². The van der Waals surface area contributed by atoms with Crippen molar-refractivity contribution in [2.45, 2.75) is 6.54 Å². The normalized spacial score (nSPS) is 10.6. The highest BCUT2D eigenvalue weighted by Crippen LogP contribution is 2.34. The standard InChI is InChI=1S/C26H24N2O4/c1-28(17-18-9-11-20(12-10-18)19-7-5-4-6-8-19)26(29)23-16-25(32-27-23)22-15-21(30-2)13-14-24(22)31-3/h4-16H,17H2,1-3H3. The first-order valence-corrected chi connectivity index (χ1v) is 10.2. The Balaban J connectivity index is 1.48. The molecule has 1 aromatic heterocycles. The SMILES string of the molecule is COc1ccc(OC)c(-c2cc(C(=O)N(C)Cc3ccc(-c4ccccc4)cc3)no2)c1. The number of nitrogens with zero attached hydrogens (tertiary/aromatic N) is 2. The molecule has 162 valence electrons. The van der Waals surface area contributed by atoms with Crippen molar-refractivity contribution in [3.63, 3.8) is 0 Å². The first kappa shape index (κ1) is 21.2. The molecule has 0 aliphatic rings. The Morgan fingerprint density at radius 3 is 2.31 bits per heavy atom. The predicted octanol–water partition coefficient (Wildman–Crippen LogP) is 5.30. The summed E-state index contributed by atoms with van der Waals surface area (Å²) in [6, 6.07) is 25.3. The van der Waals surface area contributed by atoms with Crippen molar-refractivity contribution in [1.29, 1.82) is 0 Å². The van der Waals surface area contributed by atoms with E-state index in [1.54, 1.807) is 50.4 Å². The average molecular weight is 428 g/mol. The Labute approximate surface area is 187 Å². The van der Waals surface area contributed by atoms with Gasteiger partial charge in [0.25, 0.3) is 5.91 Å². The van der Waals surface area contributed by atoms with Gasteiger partial charge in [-0.1, -0.05) is 59.8 Å². The van der Waals surface area contributed by atoms with Gasteiger partial charge in [-0.05, 0) is 34.9 Å². The molecule has 0 unspecified atom stereocenters. The maximum absolute atomic E-state index is 12.9. The number of amides is 1. The van der Waals surface area contributed by atoms with Crippen LogP contribution in [0.25, 0.3) is 22.5 Å². The smallest absolute Gasteiger partial charge is 0.276 e. The fraction of sp³-hybridized carbons (Fsp3) is 0.154. The van der Waals surface area contributed by atoms with E-state index in [2.05, 4.69) is 29.4 Å². The maximum atomic E-state index is 12.9. The van der Waals surface area contributed by atoms with Crippen LogP contribution in [-0.2, 0) is 6.54 Å². The van der Waals surface area contributed by atoms with E-state index in [0.717, 1.165) is 16.7 Å². The Hall–Kier alpha value is -4.06. The molecule has 0 radical (unpaired) electrons. The topological polar surface area (TPSA) is 64.8 Å². The molecule has 0 atom stereocenters. The highest BCUT2D eigenvalue weighted by Gasteiger charge is 2.20. The van der Waals surface area contributed by atoms with E-state index in [9.17, 15) is 4.79 Å². The van der Waals surface area contributed by atoms with Crippen LogP contribution in [0.1, 0.15) is 16.1 Å². The van der Waals surface area contributed by atoms with Gasteiger partial charge in [-0.25, -0.2) is 0 Å². The van der Waals surface area contributed by atoms with Crippen molar-refractivity contribution < 1.29 is 18.8 Å². The summed E-state index contributed by atoms with van der Waals surface area (Å²) < 4.78 is 16.1. The molecule has 1 amide bonds. The molecule has 0 bridgehead atoms. The predicted molar refractivity (Wildman–Crippen MR) is 123 cm³/mol. The molecule has 4 aromatic rings. The Morgan fingerprint density at radius 1 is 0.906 bits per heavy atom. The highest BCUT2D eigenvalue weighted by molar-refractivity contribution is 5.93. The lowest BCUT2D eigenvalue weighted by Crippen LogP contribution is -2.26. The molecule has 0 fully saturated rings. The van der Waals surface area contributed by atoms with E-state index in [0.29, 0.717) is 29.4 Å². The summed E-state index contributed by atoms with van der Waals surface area (Å²) in [5, 5.41) is 3.98. The number of carbonyl (C=O) groups is 1.